The minimum absolute atomic E-state index is 0.586. The van der Waals surface area contributed by atoms with Gasteiger partial charge in [0.2, 0.25) is 0 Å². The lowest BCUT2D eigenvalue weighted by molar-refractivity contribution is 0.000207. The van der Waals surface area contributed by atoms with Crippen LogP contribution in [0.1, 0.15) is 27.2 Å². The van der Waals surface area contributed by atoms with Crippen LogP contribution in [-0.2, 0) is 4.74 Å². The fraction of sp³-hybridized carbons (Fsp3) is 1.00. The Bertz CT molecular complexity index is 152. The predicted octanol–water partition coefficient (Wildman–Crippen LogP) is 1.10. The second-order valence-corrected chi connectivity index (χ2v) is 4.22. The SMILES string of the molecule is CCC(C)NCCN1CCOCC1C. The van der Waals surface area contributed by atoms with E-state index in [4.69, 9.17) is 4.74 Å². The minimum Gasteiger partial charge on any atom is -0.379 e. The van der Waals surface area contributed by atoms with E-state index in [0.29, 0.717) is 12.1 Å². The summed E-state index contributed by atoms with van der Waals surface area (Å²) in [5.41, 5.74) is 0. The van der Waals surface area contributed by atoms with E-state index >= 15 is 0 Å². The van der Waals surface area contributed by atoms with E-state index < -0.39 is 0 Å². The summed E-state index contributed by atoms with van der Waals surface area (Å²) in [5, 5.41) is 3.52. The highest BCUT2D eigenvalue weighted by Crippen LogP contribution is 2.04. The summed E-state index contributed by atoms with van der Waals surface area (Å²) in [4.78, 5) is 2.50. The number of morpholine rings is 1. The molecule has 1 fully saturated rings. The van der Waals surface area contributed by atoms with Crippen molar-refractivity contribution in [3.8, 4) is 0 Å². The van der Waals surface area contributed by atoms with E-state index in [0.717, 1.165) is 32.8 Å². The van der Waals surface area contributed by atoms with Gasteiger partial charge in [0.25, 0.3) is 0 Å². The fourth-order valence-electron chi connectivity index (χ4n) is 1.69. The van der Waals surface area contributed by atoms with Crippen molar-refractivity contribution in [3.05, 3.63) is 0 Å². The second kappa shape index (κ2) is 6.38. The largest absolute Gasteiger partial charge is 0.379 e. The zero-order valence-electron chi connectivity index (χ0n) is 9.75. The molecule has 1 heterocycles. The maximum Gasteiger partial charge on any atom is 0.0619 e. The number of ether oxygens (including phenoxy) is 1. The lowest BCUT2D eigenvalue weighted by atomic mass is 10.2. The van der Waals surface area contributed by atoms with Gasteiger partial charge in [0.1, 0.15) is 0 Å². The molecule has 1 saturated heterocycles. The molecule has 0 saturated carbocycles. The molecule has 0 aromatic heterocycles. The normalized spacial score (nSPS) is 26.4. The molecule has 3 nitrogen and oxygen atoms in total. The number of hydrogen-bond acceptors (Lipinski definition) is 3. The van der Waals surface area contributed by atoms with Crippen molar-refractivity contribution >= 4 is 0 Å². The molecule has 2 atom stereocenters. The average Bonchev–Trinajstić information content (AvgIpc) is 2.20. The lowest BCUT2D eigenvalue weighted by Crippen LogP contribution is -2.47. The van der Waals surface area contributed by atoms with Crippen LogP contribution in [0.2, 0.25) is 0 Å². The van der Waals surface area contributed by atoms with Gasteiger partial charge in [-0.1, -0.05) is 6.92 Å². The van der Waals surface area contributed by atoms with Gasteiger partial charge in [-0.05, 0) is 20.3 Å². The zero-order valence-corrected chi connectivity index (χ0v) is 9.75. The van der Waals surface area contributed by atoms with Crippen LogP contribution in [0.3, 0.4) is 0 Å². The molecule has 14 heavy (non-hydrogen) atoms. The van der Waals surface area contributed by atoms with Gasteiger partial charge in [-0.25, -0.2) is 0 Å². The molecule has 0 bridgehead atoms. The Labute approximate surface area is 87.8 Å². The van der Waals surface area contributed by atoms with Crippen LogP contribution in [0.4, 0.5) is 0 Å². The van der Waals surface area contributed by atoms with E-state index in [-0.39, 0.29) is 0 Å². The molecular weight excluding hydrogens is 176 g/mol. The molecule has 1 N–H and O–H groups in total. The number of nitrogens with one attached hydrogen (secondary N) is 1. The van der Waals surface area contributed by atoms with Gasteiger partial charge in [-0.15, -0.1) is 0 Å². The number of hydrogen-bond donors (Lipinski definition) is 1. The van der Waals surface area contributed by atoms with E-state index in [1.54, 1.807) is 0 Å². The Hall–Kier alpha value is -0.120. The zero-order chi connectivity index (χ0) is 10.4. The Balaban J connectivity index is 2.10. The van der Waals surface area contributed by atoms with Crippen molar-refractivity contribution < 1.29 is 4.74 Å². The van der Waals surface area contributed by atoms with Gasteiger partial charge in [-0.2, -0.15) is 0 Å². The minimum atomic E-state index is 0.586. The summed E-state index contributed by atoms with van der Waals surface area (Å²) in [6, 6.07) is 1.23. The van der Waals surface area contributed by atoms with Crippen LogP contribution in [0.5, 0.6) is 0 Å². The third kappa shape index (κ3) is 3.95. The highest BCUT2D eigenvalue weighted by Gasteiger charge is 2.17. The molecule has 3 heteroatoms. The topological polar surface area (TPSA) is 24.5 Å². The van der Waals surface area contributed by atoms with Crippen LogP contribution >= 0.6 is 0 Å². The Morgan fingerprint density at radius 3 is 3.00 bits per heavy atom. The molecule has 1 aliphatic rings. The highest BCUT2D eigenvalue weighted by molar-refractivity contribution is 4.72. The van der Waals surface area contributed by atoms with E-state index in [9.17, 15) is 0 Å². The average molecular weight is 200 g/mol. The van der Waals surface area contributed by atoms with Crippen molar-refractivity contribution in [1.29, 1.82) is 0 Å². The maximum atomic E-state index is 5.40. The molecule has 0 spiro atoms. The molecule has 0 radical (unpaired) electrons. The molecule has 2 unspecified atom stereocenters. The predicted molar refractivity (Wildman–Crippen MR) is 59.6 cm³/mol. The highest BCUT2D eigenvalue weighted by atomic mass is 16.5. The Morgan fingerprint density at radius 1 is 1.57 bits per heavy atom. The lowest BCUT2D eigenvalue weighted by Gasteiger charge is -2.33. The van der Waals surface area contributed by atoms with Crippen LogP contribution < -0.4 is 5.32 Å². The van der Waals surface area contributed by atoms with Gasteiger partial charge in [-0.3, -0.25) is 4.90 Å². The smallest absolute Gasteiger partial charge is 0.0619 e. The van der Waals surface area contributed by atoms with Crippen LogP contribution in [-0.4, -0.2) is 49.8 Å². The first-order valence-electron chi connectivity index (χ1n) is 5.79. The molecular formula is C11H24N2O. The summed E-state index contributed by atoms with van der Waals surface area (Å²) in [6.07, 6.45) is 1.21. The van der Waals surface area contributed by atoms with E-state index in [1.165, 1.54) is 6.42 Å². The van der Waals surface area contributed by atoms with Crippen molar-refractivity contribution in [1.82, 2.24) is 10.2 Å². The van der Waals surface area contributed by atoms with Crippen molar-refractivity contribution in [2.24, 2.45) is 0 Å². The molecule has 0 aromatic rings. The van der Waals surface area contributed by atoms with Gasteiger partial charge < -0.3 is 10.1 Å². The summed E-state index contributed by atoms with van der Waals surface area (Å²) in [7, 11) is 0. The third-order valence-corrected chi connectivity index (χ3v) is 3.01. The van der Waals surface area contributed by atoms with E-state index in [1.807, 2.05) is 0 Å². The standard InChI is InChI=1S/C11H24N2O/c1-4-10(2)12-5-6-13-7-8-14-9-11(13)3/h10-12H,4-9H2,1-3H3. The summed E-state index contributed by atoms with van der Waals surface area (Å²) in [6.45, 7) is 11.8. The summed E-state index contributed by atoms with van der Waals surface area (Å²) < 4.78 is 5.40. The first-order valence-corrected chi connectivity index (χ1v) is 5.79. The van der Waals surface area contributed by atoms with Gasteiger partial charge >= 0.3 is 0 Å². The quantitative estimate of drug-likeness (QED) is 0.719. The third-order valence-electron chi connectivity index (χ3n) is 3.01. The van der Waals surface area contributed by atoms with Crippen molar-refractivity contribution in [3.63, 3.8) is 0 Å². The molecule has 84 valence electrons. The van der Waals surface area contributed by atoms with Crippen molar-refractivity contribution in [2.75, 3.05) is 32.8 Å². The van der Waals surface area contributed by atoms with Crippen LogP contribution in [0.25, 0.3) is 0 Å². The molecule has 1 aliphatic heterocycles. The first-order chi connectivity index (χ1) is 6.74. The monoisotopic (exact) mass is 200 g/mol. The Morgan fingerprint density at radius 2 is 2.36 bits per heavy atom. The molecule has 0 aromatic carbocycles. The van der Waals surface area contributed by atoms with Gasteiger partial charge in [0.05, 0.1) is 13.2 Å². The Kier molecular flexibility index (Phi) is 5.45. The van der Waals surface area contributed by atoms with Crippen molar-refractivity contribution in [2.45, 2.75) is 39.3 Å². The number of rotatable bonds is 5. The summed E-state index contributed by atoms with van der Waals surface area (Å²) >= 11 is 0. The molecule has 0 amide bonds. The van der Waals surface area contributed by atoms with Gasteiger partial charge in [0.15, 0.2) is 0 Å². The number of nitrogens with zero attached hydrogens (tertiary/aromatic N) is 1. The van der Waals surface area contributed by atoms with E-state index in [2.05, 4.69) is 31.0 Å². The second-order valence-electron chi connectivity index (χ2n) is 4.22. The fourth-order valence-corrected chi connectivity index (χ4v) is 1.69. The molecule has 0 aliphatic carbocycles. The van der Waals surface area contributed by atoms with Crippen LogP contribution in [0, 0.1) is 0 Å². The van der Waals surface area contributed by atoms with Gasteiger partial charge in [0, 0.05) is 31.7 Å². The first kappa shape index (κ1) is 12.0. The van der Waals surface area contributed by atoms with Crippen LogP contribution in [0.15, 0.2) is 0 Å². The molecule has 1 rings (SSSR count). The maximum absolute atomic E-state index is 5.40. The summed E-state index contributed by atoms with van der Waals surface area (Å²) in [5.74, 6) is 0.